The van der Waals surface area contributed by atoms with Gasteiger partial charge in [0.15, 0.2) is 0 Å². The van der Waals surface area contributed by atoms with Crippen LogP contribution in [0.15, 0.2) is 66.2 Å². The number of hydrogen-bond acceptors (Lipinski definition) is 2. The molecule has 1 amide bonds. The smallest absolute Gasteiger partial charge is 0.228 e. The van der Waals surface area contributed by atoms with Crippen LogP contribution < -0.4 is 0 Å². The average Bonchev–Trinajstić information content (AvgIpc) is 3.27. The lowest BCUT2D eigenvalue weighted by Crippen LogP contribution is -2.35. The molecule has 0 fully saturated rings. The Morgan fingerprint density at radius 1 is 1.08 bits per heavy atom. The minimum atomic E-state index is 0.202. The lowest BCUT2D eigenvalue weighted by Gasteiger charge is -2.25. The lowest BCUT2D eigenvalue weighted by molar-refractivity contribution is -0.131. The number of carbonyl (C=O) groups is 1. The zero-order valence-electron chi connectivity index (χ0n) is 15.5. The van der Waals surface area contributed by atoms with Gasteiger partial charge in [0.2, 0.25) is 5.91 Å². The molecular formula is C22H26N2OS. The van der Waals surface area contributed by atoms with E-state index in [9.17, 15) is 4.79 Å². The van der Waals surface area contributed by atoms with E-state index in [1.807, 2.05) is 28.5 Å². The maximum absolute atomic E-state index is 12.9. The first-order valence-electron chi connectivity index (χ1n) is 9.10. The van der Waals surface area contributed by atoms with E-state index in [2.05, 4.69) is 61.0 Å². The number of hydrogen-bond donors (Lipinski definition) is 0. The summed E-state index contributed by atoms with van der Waals surface area (Å²) in [5, 5.41) is 2.03. The molecule has 3 rings (SSSR count). The molecular weight excluding hydrogens is 340 g/mol. The Morgan fingerprint density at radius 3 is 2.58 bits per heavy atom. The van der Waals surface area contributed by atoms with Gasteiger partial charge in [0.1, 0.15) is 0 Å². The normalized spacial score (nSPS) is 11.0. The van der Waals surface area contributed by atoms with E-state index in [-0.39, 0.29) is 5.91 Å². The van der Waals surface area contributed by atoms with Crippen LogP contribution in [0.25, 0.3) is 0 Å². The second kappa shape index (κ2) is 8.86. The first-order chi connectivity index (χ1) is 12.6. The predicted octanol–water partition coefficient (Wildman–Crippen LogP) is 4.83. The summed E-state index contributed by atoms with van der Waals surface area (Å²) in [6.45, 7) is 6.59. The number of thiophene rings is 1. The fourth-order valence-electron chi connectivity index (χ4n) is 3.09. The number of rotatable bonds is 8. The topological polar surface area (TPSA) is 25.2 Å². The van der Waals surface area contributed by atoms with E-state index in [0.29, 0.717) is 18.9 Å². The highest BCUT2D eigenvalue weighted by molar-refractivity contribution is 7.10. The van der Waals surface area contributed by atoms with Gasteiger partial charge in [-0.1, -0.05) is 50.2 Å². The molecule has 26 heavy (non-hydrogen) atoms. The van der Waals surface area contributed by atoms with Crippen molar-refractivity contribution in [2.45, 2.75) is 33.4 Å². The number of benzene rings is 1. The number of carbonyl (C=O) groups excluding carboxylic acids is 1. The number of aromatic nitrogens is 1. The summed E-state index contributed by atoms with van der Waals surface area (Å²) in [6, 6.07) is 18.7. The molecule has 0 bridgehead atoms. The van der Waals surface area contributed by atoms with Gasteiger partial charge in [-0.3, -0.25) is 4.79 Å². The van der Waals surface area contributed by atoms with Crippen LogP contribution in [0, 0.1) is 5.92 Å². The van der Waals surface area contributed by atoms with Crippen molar-refractivity contribution in [2.24, 2.45) is 5.92 Å². The van der Waals surface area contributed by atoms with Gasteiger partial charge < -0.3 is 9.47 Å². The van der Waals surface area contributed by atoms with Crippen LogP contribution in [0.2, 0.25) is 0 Å². The Balaban J connectivity index is 1.72. The zero-order valence-corrected chi connectivity index (χ0v) is 16.3. The standard InChI is InChI=1S/C22H26N2OS/c1-18(2)15-24(22(25)14-21-11-7-13-26-21)17-20-10-6-12-23(20)16-19-8-4-3-5-9-19/h3-13,18H,14-17H2,1-2H3. The van der Waals surface area contributed by atoms with Crippen LogP contribution in [-0.2, 0) is 24.3 Å². The fraction of sp³-hybridized carbons (Fsp3) is 0.318. The second-order valence-corrected chi connectivity index (χ2v) is 8.07. The van der Waals surface area contributed by atoms with Gasteiger partial charge in [-0.05, 0) is 35.1 Å². The third kappa shape index (κ3) is 5.09. The molecule has 0 spiro atoms. The van der Waals surface area contributed by atoms with E-state index in [1.54, 1.807) is 11.3 Å². The van der Waals surface area contributed by atoms with E-state index in [4.69, 9.17) is 0 Å². The molecule has 0 saturated carbocycles. The van der Waals surface area contributed by atoms with Crippen molar-refractivity contribution in [3.8, 4) is 0 Å². The second-order valence-electron chi connectivity index (χ2n) is 7.04. The highest BCUT2D eigenvalue weighted by Gasteiger charge is 2.18. The van der Waals surface area contributed by atoms with Crippen molar-refractivity contribution < 1.29 is 4.79 Å². The van der Waals surface area contributed by atoms with Gasteiger partial charge in [0.05, 0.1) is 13.0 Å². The van der Waals surface area contributed by atoms with Gasteiger partial charge in [0, 0.05) is 29.9 Å². The molecule has 0 atom stereocenters. The summed E-state index contributed by atoms with van der Waals surface area (Å²) in [4.78, 5) is 16.0. The molecule has 2 heterocycles. The summed E-state index contributed by atoms with van der Waals surface area (Å²) in [5.41, 5.74) is 2.44. The number of nitrogens with zero attached hydrogens (tertiary/aromatic N) is 2. The summed E-state index contributed by atoms with van der Waals surface area (Å²) in [7, 11) is 0. The van der Waals surface area contributed by atoms with Gasteiger partial charge in [-0.2, -0.15) is 0 Å². The van der Waals surface area contributed by atoms with Crippen molar-refractivity contribution in [1.82, 2.24) is 9.47 Å². The van der Waals surface area contributed by atoms with E-state index >= 15 is 0 Å². The molecule has 3 nitrogen and oxygen atoms in total. The highest BCUT2D eigenvalue weighted by atomic mass is 32.1. The van der Waals surface area contributed by atoms with Crippen LogP contribution in [0.4, 0.5) is 0 Å². The molecule has 0 radical (unpaired) electrons. The molecule has 0 saturated heterocycles. The van der Waals surface area contributed by atoms with Crippen LogP contribution in [0.1, 0.15) is 30.0 Å². The predicted molar refractivity (Wildman–Crippen MR) is 108 cm³/mol. The molecule has 3 aromatic rings. The van der Waals surface area contributed by atoms with Crippen LogP contribution in [0.3, 0.4) is 0 Å². The summed E-state index contributed by atoms with van der Waals surface area (Å²) in [6.07, 6.45) is 2.59. The van der Waals surface area contributed by atoms with E-state index < -0.39 is 0 Å². The molecule has 0 aliphatic carbocycles. The van der Waals surface area contributed by atoms with E-state index in [1.165, 1.54) is 11.3 Å². The van der Waals surface area contributed by atoms with E-state index in [0.717, 1.165) is 18.0 Å². The monoisotopic (exact) mass is 366 g/mol. The van der Waals surface area contributed by atoms with Crippen molar-refractivity contribution in [2.75, 3.05) is 6.54 Å². The Morgan fingerprint density at radius 2 is 1.88 bits per heavy atom. The summed E-state index contributed by atoms with van der Waals surface area (Å²) < 4.78 is 2.24. The summed E-state index contributed by atoms with van der Waals surface area (Å²) in [5.74, 6) is 0.647. The molecule has 2 aromatic heterocycles. The lowest BCUT2D eigenvalue weighted by atomic mass is 10.2. The van der Waals surface area contributed by atoms with Gasteiger partial charge in [-0.25, -0.2) is 0 Å². The maximum atomic E-state index is 12.9. The Labute approximate surface area is 159 Å². The van der Waals surface area contributed by atoms with Crippen LogP contribution in [0.5, 0.6) is 0 Å². The Bertz CT molecular complexity index is 806. The maximum Gasteiger partial charge on any atom is 0.228 e. The molecule has 4 heteroatoms. The van der Waals surface area contributed by atoms with Crippen molar-refractivity contribution in [3.63, 3.8) is 0 Å². The average molecular weight is 367 g/mol. The minimum absolute atomic E-state index is 0.202. The molecule has 0 aliphatic rings. The van der Waals surface area contributed by atoms with Crippen molar-refractivity contribution in [3.05, 3.63) is 82.3 Å². The Hall–Kier alpha value is -2.33. The van der Waals surface area contributed by atoms with Crippen LogP contribution in [-0.4, -0.2) is 21.9 Å². The van der Waals surface area contributed by atoms with Crippen molar-refractivity contribution >= 4 is 17.2 Å². The Kier molecular flexibility index (Phi) is 6.29. The first-order valence-corrected chi connectivity index (χ1v) is 9.98. The molecule has 136 valence electrons. The van der Waals surface area contributed by atoms with Gasteiger partial charge >= 0.3 is 0 Å². The molecule has 0 N–H and O–H groups in total. The zero-order chi connectivity index (χ0) is 18.4. The van der Waals surface area contributed by atoms with Gasteiger partial charge in [0.25, 0.3) is 0 Å². The highest BCUT2D eigenvalue weighted by Crippen LogP contribution is 2.15. The quantitative estimate of drug-likeness (QED) is 0.561. The molecule has 0 unspecified atom stereocenters. The fourth-order valence-corrected chi connectivity index (χ4v) is 3.79. The minimum Gasteiger partial charge on any atom is -0.345 e. The largest absolute Gasteiger partial charge is 0.345 e. The number of amides is 1. The van der Waals surface area contributed by atoms with Gasteiger partial charge in [-0.15, -0.1) is 11.3 Å². The first kappa shape index (κ1) is 18.5. The summed E-state index contributed by atoms with van der Waals surface area (Å²) >= 11 is 1.65. The SMILES string of the molecule is CC(C)CN(Cc1cccn1Cc1ccccc1)C(=O)Cc1cccs1. The van der Waals surface area contributed by atoms with Crippen LogP contribution >= 0.6 is 11.3 Å². The third-order valence-corrected chi connectivity index (χ3v) is 5.19. The molecule has 0 aliphatic heterocycles. The third-order valence-electron chi connectivity index (χ3n) is 4.32. The molecule has 1 aromatic carbocycles. The van der Waals surface area contributed by atoms with Crippen molar-refractivity contribution in [1.29, 1.82) is 0 Å².